The van der Waals surface area contributed by atoms with Gasteiger partial charge in [-0.2, -0.15) is 5.10 Å². The van der Waals surface area contributed by atoms with Crippen molar-refractivity contribution in [2.45, 2.75) is 13.8 Å². The summed E-state index contributed by atoms with van der Waals surface area (Å²) in [6.07, 6.45) is 7.41. The van der Waals surface area contributed by atoms with E-state index in [-0.39, 0.29) is 18.2 Å². The quantitative estimate of drug-likeness (QED) is 0.654. The Morgan fingerprint density at radius 3 is 2.53 bits per heavy atom. The van der Waals surface area contributed by atoms with Crippen molar-refractivity contribution in [2.75, 3.05) is 31.1 Å². The molecule has 0 spiro atoms. The van der Waals surface area contributed by atoms with Crippen molar-refractivity contribution in [2.24, 2.45) is 0 Å². The van der Waals surface area contributed by atoms with Crippen LogP contribution in [0.2, 0.25) is 5.02 Å². The highest BCUT2D eigenvalue weighted by Gasteiger charge is 2.20. The number of aromatic hydroxyl groups is 1. The summed E-state index contributed by atoms with van der Waals surface area (Å²) in [5.41, 5.74) is 4.01. The third-order valence-corrected chi connectivity index (χ3v) is 5.45. The molecule has 30 heavy (non-hydrogen) atoms. The molecule has 0 amide bonds. The lowest BCUT2D eigenvalue weighted by Crippen LogP contribution is -2.45. The van der Waals surface area contributed by atoms with E-state index in [1.165, 1.54) is 5.70 Å². The van der Waals surface area contributed by atoms with Crippen molar-refractivity contribution in [3.8, 4) is 11.7 Å². The lowest BCUT2D eigenvalue weighted by Gasteiger charge is -2.38. The second-order valence-corrected chi connectivity index (χ2v) is 7.48. The molecular weight excluding hydrogens is 423 g/mol. The highest BCUT2D eigenvalue weighted by molar-refractivity contribution is 6.30. The topological polar surface area (TPSA) is 70.3 Å². The number of allylic oxidation sites excluding steroid dienone is 1. The third kappa shape index (κ3) is 4.52. The number of halogens is 2. The Hall–Kier alpha value is -2.77. The summed E-state index contributed by atoms with van der Waals surface area (Å²) in [5, 5.41) is 15.2. The summed E-state index contributed by atoms with van der Waals surface area (Å²) in [4.78, 5) is 13.0. The van der Waals surface area contributed by atoms with Gasteiger partial charge in [-0.05, 0) is 44.2 Å². The third-order valence-electron chi connectivity index (χ3n) is 5.21. The summed E-state index contributed by atoms with van der Waals surface area (Å²) in [7, 11) is 0. The molecule has 1 aliphatic rings. The van der Waals surface area contributed by atoms with Crippen LogP contribution in [0.3, 0.4) is 0 Å². The van der Waals surface area contributed by atoms with E-state index in [0.29, 0.717) is 11.0 Å². The number of aromatic nitrogens is 4. The minimum absolute atomic E-state index is 0. The van der Waals surface area contributed by atoms with Gasteiger partial charge < -0.3 is 14.9 Å². The average Bonchev–Trinajstić information content (AvgIpc) is 3.10. The normalized spacial score (nSPS) is 14.6. The summed E-state index contributed by atoms with van der Waals surface area (Å²) in [6.45, 7) is 7.49. The van der Waals surface area contributed by atoms with Gasteiger partial charge in [-0.3, -0.25) is 0 Å². The number of nitrogens with zero attached hydrogens (tertiary/aromatic N) is 6. The van der Waals surface area contributed by atoms with E-state index in [9.17, 15) is 5.11 Å². The fourth-order valence-electron chi connectivity index (χ4n) is 3.53. The van der Waals surface area contributed by atoms with Crippen molar-refractivity contribution in [3.63, 3.8) is 0 Å². The molecule has 7 nitrogen and oxygen atoms in total. The van der Waals surface area contributed by atoms with Crippen LogP contribution in [0.4, 0.5) is 5.69 Å². The molecule has 1 aromatic carbocycles. The van der Waals surface area contributed by atoms with Crippen LogP contribution in [0.25, 0.3) is 12.0 Å². The zero-order valence-electron chi connectivity index (χ0n) is 16.9. The van der Waals surface area contributed by atoms with Crippen LogP contribution in [0.15, 0.2) is 48.6 Å². The molecule has 0 radical (unpaired) electrons. The maximum Gasteiger partial charge on any atom is 0.250 e. The first-order valence-corrected chi connectivity index (χ1v) is 9.89. The number of hydrogen-bond donors (Lipinski definition) is 1. The zero-order chi connectivity index (χ0) is 20.4. The van der Waals surface area contributed by atoms with Gasteiger partial charge in [0.05, 0.1) is 17.6 Å². The summed E-state index contributed by atoms with van der Waals surface area (Å²) < 4.78 is 1.75. The van der Waals surface area contributed by atoms with Crippen LogP contribution in [0, 0.1) is 6.92 Å². The maximum atomic E-state index is 10.1. The van der Waals surface area contributed by atoms with Gasteiger partial charge in [0, 0.05) is 54.9 Å². The summed E-state index contributed by atoms with van der Waals surface area (Å²) in [6, 6.07) is 6.95. The van der Waals surface area contributed by atoms with Crippen molar-refractivity contribution in [1.82, 2.24) is 24.6 Å². The predicted molar refractivity (Wildman–Crippen MR) is 122 cm³/mol. The summed E-state index contributed by atoms with van der Waals surface area (Å²) >= 11 is 6.09. The van der Waals surface area contributed by atoms with E-state index in [2.05, 4.69) is 37.9 Å². The Morgan fingerprint density at radius 1 is 1.13 bits per heavy atom. The van der Waals surface area contributed by atoms with Crippen LogP contribution in [0.1, 0.15) is 18.2 Å². The number of piperazine rings is 1. The molecule has 3 heterocycles. The minimum Gasteiger partial charge on any atom is -0.506 e. The summed E-state index contributed by atoms with van der Waals surface area (Å²) in [5.74, 6) is 0.832. The smallest absolute Gasteiger partial charge is 0.250 e. The van der Waals surface area contributed by atoms with Gasteiger partial charge in [-0.1, -0.05) is 11.6 Å². The Bertz CT molecular complexity index is 1030. The fraction of sp³-hybridized carbons (Fsp3) is 0.286. The molecule has 0 bridgehead atoms. The van der Waals surface area contributed by atoms with Crippen LogP contribution in [-0.4, -0.2) is 55.9 Å². The minimum atomic E-state index is 0. The van der Waals surface area contributed by atoms with E-state index in [1.807, 2.05) is 19.2 Å². The molecule has 0 saturated carbocycles. The number of phenols is 1. The van der Waals surface area contributed by atoms with Gasteiger partial charge in [0.25, 0.3) is 5.95 Å². The second kappa shape index (κ2) is 9.36. The number of benzene rings is 1. The van der Waals surface area contributed by atoms with E-state index in [1.54, 1.807) is 35.3 Å². The Morgan fingerprint density at radius 2 is 1.83 bits per heavy atom. The number of anilines is 1. The Kier molecular flexibility index (Phi) is 6.84. The molecule has 0 atom stereocenters. The van der Waals surface area contributed by atoms with Crippen LogP contribution in [0.5, 0.6) is 5.75 Å². The average molecular weight is 447 g/mol. The van der Waals surface area contributed by atoms with Crippen molar-refractivity contribution >= 4 is 35.8 Å². The van der Waals surface area contributed by atoms with E-state index in [4.69, 9.17) is 11.6 Å². The van der Waals surface area contributed by atoms with Crippen LogP contribution < -0.4 is 4.90 Å². The number of hydrogen-bond acceptors (Lipinski definition) is 6. The lowest BCUT2D eigenvalue weighted by atomic mass is 10.2. The van der Waals surface area contributed by atoms with Crippen molar-refractivity contribution in [3.05, 3.63) is 64.8 Å². The first kappa shape index (κ1) is 21.9. The first-order valence-electron chi connectivity index (χ1n) is 9.51. The molecule has 3 aromatic rings. The molecule has 2 aromatic heterocycles. The van der Waals surface area contributed by atoms with E-state index < -0.39 is 0 Å². The monoisotopic (exact) mass is 446 g/mol. The van der Waals surface area contributed by atoms with Crippen molar-refractivity contribution < 1.29 is 5.11 Å². The van der Waals surface area contributed by atoms with E-state index in [0.717, 1.165) is 43.1 Å². The van der Waals surface area contributed by atoms with Gasteiger partial charge in [0.15, 0.2) is 0 Å². The Balaban J connectivity index is 0.00000256. The maximum absolute atomic E-state index is 10.1. The molecule has 1 aliphatic heterocycles. The molecule has 1 N–H and O–H groups in total. The lowest BCUT2D eigenvalue weighted by molar-refractivity contribution is 0.323. The molecule has 1 fully saturated rings. The predicted octanol–water partition coefficient (Wildman–Crippen LogP) is 3.93. The van der Waals surface area contributed by atoms with Crippen LogP contribution >= 0.6 is 24.0 Å². The highest BCUT2D eigenvalue weighted by atomic mass is 35.5. The van der Waals surface area contributed by atoms with Gasteiger partial charge in [0.1, 0.15) is 5.75 Å². The molecule has 9 heteroatoms. The number of rotatable bonds is 4. The number of phenolic OH excluding ortho intramolecular Hbond substituents is 1. The van der Waals surface area contributed by atoms with Crippen LogP contribution in [-0.2, 0) is 0 Å². The molecule has 0 unspecified atom stereocenters. The zero-order valence-corrected chi connectivity index (χ0v) is 18.4. The molecule has 158 valence electrons. The Labute approximate surface area is 187 Å². The highest BCUT2D eigenvalue weighted by Crippen LogP contribution is 2.31. The van der Waals surface area contributed by atoms with Gasteiger partial charge >= 0.3 is 0 Å². The SMILES string of the molecule is C/C(=C/c1cnn(-c2ncccn2)c1C)N1CCN(c2cc(Cl)ccc2O)CC1.Cl. The molecule has 0 aliphatic carbocycles. The standard InChI is InChI=1S/C21H23ClN6O.ClH/c1-15(12-17-14-25-28(16(17)2)21-23-6-3-7-24-21)26-8-10-27(11-9-26)19-13-18(22)4-5-20(19)29;/h3-7,12-14,29H,8-11H2,1-2H3;1H/b15-12-;. The van der Waals surface area contributed by atoms with Gasteiger partial charge in [-0.25, -0.2) is 14.6 Å². The molecular formula is C21H24Cl2N6O. The van der Waals surface area contributed by atoms with Gasteiger partial charge in [-0.15, -0.1) is 12.4 Å². The van der Waals surface area contributed by atoms with Crippen molar-refractivity contribution in [1.29, 1.82) is 0 Å². The fourth-order valence-corrected chi connectivity index (χ4v) is 3.70. The largest absolute Gasteiger partial charge is 0.506 e. The molecule has 1 saturated heterocycles. The molecule has 4 rings (SSSR count). The van der Waals surface area contributed by atoms with E-state index >= 15 is 0 Å². The van der Waals surface area contributed by atoms with Gasteiger partial charge in [0.2, 0.25) is 0 Å². The first-order chi connectivity index (χ1) is 14.0. The second-order valence-electron chi connectivity index (χ2n) is 7.04.